The van der Waals surface area contributed by atoms with Crippen LogP contribution in [0.4, 0.5) is 0 Å². The van der Waals surface area contributed by atoms with E-state index in [4.69, 9.17) is 5.73 Å². The second-order valence-corrected chi connectivity index (χ2v) is 4.16. The van der Waals surface area contributed by atoms with Crippen LogP contribution in [-0.4, -0.2) is 18.0 Å². The van der Waals surface area contributed by atoms with Crippen LogP contribution in [0.5, 0.6) is 0 Å². The van der Waals surface area contributed by atoms with Crippen LogP contribution in [0.2, 0.25) is 0 Å². The van der Waals surface area contributed by atoms with Crippen LogP contribution in [0.15, 0.2) is 24.3 Å². The molecule has 2 rings (SSSR count). The van der Waals surface area contributed by atoms with Gasteiger partial charge in [-0.25, -0.2) is 0 Å². The van der Waals surface area contributed by atoms with E-state index in [-0.39, 0.29) is 11.9 Å². The van der Waals surface area contributed by atoms with Gasteiger partial charge in [0.15, 0.2) is 0 Å². The zero-order valence-corrected chi connectivity index (χ0v) is 8.86. The lowest BCUT2D eigenvalue weighted by molar-refractivity contribution is -0.119. The predicted molar refractivity (Wildman–Crippen MR) is 59.4 cm³/mol. The van der Waals surface area contributed by atoms with E-state index in [2.05, 4.69) is 29.6 Å². The van der Waals surface area contributed by atoms with E-state index in [1.165, 1.54) is 11.1 Å². The average Bonchev–Trinajstić information content (AvgIpc) is 2.59. The Labute approximate surface area is 89.7 Å². The molecule has 15 heavy (non-hydrogen) atoms. The highest BCUT2D eigenvalue weighted by Gasteiger charge is 2.23. The Morgan fingerprint density at radius 1 is 1.40 bits per heavy atom. The molecule has 1 amide bonds. The number of benzene rings is 1. The summed E-state index contributed by atoms with van der Waals surface area (Å²) in [6.45, 7) is 1.81. The van der Waals surface area contributed by atoms with Crippen LogP contribution in [0.3, 0.4) is 0 Å². The van der Waals surface area contributed by atoms with Crippen LogP contribution < -0.4 is 11.1 Å². The molecule has 1 aromatic carbocycles. The van der Waals surface area contributed by atoms with E-state index >= 15 is 0 Å². The summed E-state index contributed by atoms with van der Waals surface area (Å²) in [5, 5.41) is 3.25. The lowest BCUT2D eigenvalue weighted by atomic mass is 10.1. The molecule has 0 aromatic heterocycles. The number of amides is 1. The van der Waals surface area contributed by atoms with Gasteiger partial charge >= 0.3 is 0 Å². The molecule has 1 aliphatic rings. The summed E-state index contributed by atoms with van der Waals surface area (Å²) in [7, 11) is 0. The van der Waals surface area contributed by atoms with E-state index in [1.54, 1.807) is 0 Å². The van der Waals surface area contributed by atoms with Crippen molar-refractivity contribution < 1.29 is 4.79 Å². The van der Waals surface area contributed by atoms with Gasteiger partial charge in [-0.15, -0.1) is 0 Å². The summed E-state index contributed by atoms with van der Waals surface area (Å²) in [4.78, 5) is 10.9. The van der Waals surface area contributed by atoms with Gasteiger partial charge in [-0.3, -0.25) is 4.79 Å². The minimum Gasteiger partial charge on any atom is -0.368 e. The Bertz CT molecular complexity index is 351. The number of primary amides is 1. The molecule has 80 valence electrons. The molecule has 1 unspecified atom stereocenters. The quantitative estimate of drug-likeness (QED) is 0.758. The van der Waals surface area contributed by atoms with Crippen LogP contribution in [0.1, 0.15) is 18.1 Å². The van der Waals surface area contributed by atoms with Crippen molar-refractivity contribution in [3.63, 3.8) is 0 Å². The van der Waals surface area contributed by atoms with Crippen molar-refractivity contribution in [1.82, 2.24) is 5.32 Å². The first kappa shape index (κ1) is 10.2. The zero-order chi connectivity index (χ0) is 10.8. The van der Waals surface area contributed by atoms with E-state index < -0.39 is 0 Å². The summed E-state index contributed by atoms with van der Waals surface area (Å²) in [5.41, 5.74) is 7.98. The Morgan fingerprint density at radius 3 is 2.40 bits per heavy atom. The number of carbonyl (C=O) groups excluding carboxylic acids is 1. The molecule has 0 fully saturated rings. The molecule has 0 spiro atoms. The Morgan fingerprint density at radius 2 is 1.93 bits per heavy atom. The number of nitrogens with one attached hydrogen (secondary N) is 1. The van der Waals surface area contributed by atoms with E-state index in [0.717, 1.165) is 12.8 Å². The third kappa shape index (κ3) is 2.18. The standard InChI is InChI=1S/C12H16N2O/c1-8(12(13)15)14-11-6-9-4-2-3-5-10(9)7-11/h2-5,8,11,14H,6-7H2,1H3,(H2,13,15). The molecule has 0 heterocycles. The molecule has 3 N–H and O–H groups in total. The molecule has 3 heteroatoms. The Kier molecular flexibility index (Phi) is 2.73. The van der Waals surface area contributed by atoms with Crippen molar-refractivity contribution in [2.75, 3.05) is 0 Å². The molecular weight excluding hydrogens is 188 g/mol. The number of hydrogen-bond donors (Lipinski definition) is 2. The molecule has 0 saturated carbocycles. The third-order valence-corrected chi connectivity index (χ3v) is 2.96. The summed E-state index contributed by atoms with van der Waals surface area (Å²) in [6, 6.07) is 8.50. The summed E-state index contributed by atoms with van der Waals surface area (Å²) < 4.78 is 0. The predicted octanol–water partition coefficient (Wildman–Crippen LogP) is 0.617. The van der Waals surface area contributed by atoms with Crippen molar-refractivity contribution in [3.05, 3.63) is 35.4 Å². The topological polar surface area (TPSA) is 55.1 Å². The van der Waals surface area contributed by atoms with Gasteiger partial charge in [-0.1, -0.05) is 24.3 Å². The van der Waals surface area contributed by atoms with E-state index in [1.807, 2.05) is 6.92 Å². The summed E-state index contributed by atoms with van der Waals surface area (Å²) in [5.74, 6) is -0.286. The molecule has 0 aliphatic heterocycles. The first-order valence-electron chi connectivity index (χ1n) is 5.29. The van der Waals surface area contributed by atoms with Crippen LogP contribution >= 0.6 is 0 Å². The highest BCUT2D eigenvalue weighted by atomic mass is 16.1. The van der Waals surface area contributed by atoms with Crippen LogP contribution in [0, 0.1) is 0 Å². The number of rotatable bonds is 3. The van der Waals surface area contributed by atoms with Crippen molar-refractivity contribution in [1.29, 1.82) is 0 Å². The van der Waals surface area contributed by atoms with Crippen molar-refractivity contribution in [2.24, 2.45) is 5.73 Å². The first-order chi connectivity index (χ1) is 7.16. The van der Waals surface area contributed by atoms with Crippen LogP contribution in [0.25, 0.3) is 0 Å². The van der Waals surface area contributed by atoms with Gasteiger partial charge in [0.1, 0.15) is 0 Å². The van der Waals surface area contributed by atoms with Gasteiger partial charge < -0.3 is 11.1 Å². The van der Waals surface area contributed by atoms with E-state index in [0.29, 0.717) is 6.04 Å². The molecule has 3 nitrogen and oxygen atoms in total. The van der Waals surface area contributed by atoms with Gasteiger partial charge in [-0.2, -0.15) is 0 Å². The normalized spacial score (nSPS) is 17.4. The van der Waals surface area contributed by atoms with Gasteiger partial charge in [-0.05, 0) is 30.9 Å². The highest BCUT2D eigenvalue weighted by Crippen LogP contribution is 2.21. The molecule has 1 atom stereocenters. The van der Waals surface area contributed by atoms with Crippen molar-refractivity contribution in [3.8, 4) is 0 Å². The average molecular weight is 204 g/mol. The summed E-state index contributed by atoms with van der Waals surface area (Å²) in [6.07, 6.45) is 1.99. The molecule has 0 saturated heterocycles. The first-order valence-corrected chi connectivity index (χ1v) is 5.29. The minimum absolute atomic E-state index is 0.246. The number of hydrogen-bond acceptors (Lipinski definition) is 2. The largest absolute Gasteiger partial charge is 0.368 e. The number of carbonyl (C=O) groups is 1. The maximum absolute atomic E-state index is 10.9. The zero-order valence-electron chi connectivity index (χ0n) is 8.86. The summed E-state index contributed by atoms with van der Waals surface area (Å²) >= 11 is 0. The molecular formula is C12H16N2O. The highest BCUT2D eigenvalue weighted by molar-refractivity contribution is 5.79. The Balaban J connectivity index is 1.99. The number of fused-ring (bicyclic) bond motifs is 1. The van der Waals surface area contributed by atoms with E-state index in [9.17, 15) is 4.79 Å². The molecule has 1 aromatic rings. The lowest BCUT2D eigenvalue weighted by Gasteiger charge is -2.16. The molecule has 0 radical (unpaired) electrons. The fourth-order valence-corrected chi connectivity index (χ4v) is 2.11. The van der Waals surface area contributed by atoms with Gasteiger partial charge in [0.25, 0.3) is 0 Å². The SMILES string of the molecule is CC(NC1Cc2ccccc2C1)C(N)=O. The molecule has 1 aliphatic carbocycles. The minimum atomic E-state index is -0.286. The second kappa shape index (κ2) is 4.03. The smallest absolute Gasteiger partial charge is 0.234 e. The fraction of sp³-hybridized carbons (Fsp3) is 0.417. The maximum Gasteiger partial charge on any atom is 0.234 e. The third-order valence-electron chi connectivity index (χ3n) is 2.96. The van der Waals surface area contributed by atoms with Crippen molar-refractivity contribution >= 4 is 5.91 Å². The Hall–Kier alpha value is -1.35. The molecule has 0 bridgehead atoms. The number of nitrogens with two attached hydrogens (primary N) is 1. The van der Waals surface area contributed by atoms with Gasteiger partial charge in [0.2, 0.25) is 5.91 Å². The van der Waals surface area contributed by atoms with Crippen LogP contribution in [-0.2, 0) is 17.6 Å². The second-order valence-electron chi connectivity index (χ2n) is 4.16. The lowest BCUT2D eigenvalue weighted by Crippen LogP contribution is -2.44. The monoisotopic (exact) mass is 204 g/mol. The fourth-order valence-electron chi connectivity index (χ4n) is 2.11. The van der Waals surface area contributed by atoms with Crippen molar-refractivity contribution in [2.45, 2.75) is 31.8 Å². The maximum atomic E-state index is 10.9. The van der Waals surface area contributed by atoms with Gasteiger partial charge in [0.05, 0.1) is 6.04 Å². The van der Waals surface area contributed by atoms with Gasteiger partial charge in [0, 0.05) is 6.04 Å².